The van der Waals surface area contributed by atoms with Crippen LogP contribution in [0.25, 0.3) is 0 Å². The van der Waals surface area contributed by atoms with Gasteiger partial charge in [0.2, 0.25) is 5.96 Å². The molecule has 0 fully saturated rings. The lowest BCUT2D eigenvalue weighted by atomic mass is 10.00. The molecule has 0 atom stereocenters. The van der Waals surface area contributed by atoms with Gasteiger partial charge >= 0.3 is 0 Å². The van der Waals surface area contributed by atoms with Gasteiger partial charge in [0.25, 0.3) is 0 Å². The Balaban J connectivity index is 2.47. The first kappa shape index (κ1) is 20.0. The molecule has 0 unspecified atom stereocenters. The SMILES string of the molecule is CCc1cccc(N(CC)C(=N)N(c2ccccc2C(C)C)C(C)C)c1. The standard InChI is InChI=1S/C23H33N3/c1-7-19-12-11-13-20(16-19)25(8-2)23(24)26(18(5)6)22-15-10-9-14-21(22)17(3)4/h9-18,24H,7-8H2,1-6H3. The summed E-state index contributed by atoms with van der Waals surface area (Å²) in [6, 6.07) is 17.2. The lowest BCUT2D eigenvalue weighted by Crippen LogP contribution is -2.48. The van der Waals surface area contributed by atoms with Gasteiger partial charge < -0.3 is 9.80 Å². The van der Waals surface area contributed by atoms with E-state index >= 15 is 0 Å². The van der Waals surface area contributed by atoms with Crippen LogP contribution in [0, 0.1) is 5.41 Å². The number of hydrogen-bond acceptors (Lipinski definition) is 1. The van der Waals surface area contributed by atoms with E-state index in [0.29, 0.717) is 11.9 Å². The van der Waals surface area contributed by atoms with Gasteiger partial charge in [-0.1, -0.05) is 51.1 Å². The first-order chi connectivity index (χ1) is 12.4. The number of hydrogen-bond donors (Lipinski definition) is 1. The molecule has 0 aliphatic heterocycles. The zero-order chi connectivity index (χ0) is 19.3. The molecule has 2 aromatic carbocycles. The van der Waals surface area contributed by atoms with E-state index in [0.717, 1.165) is 24.3 Å². The molecule has 0 saturated carbocycles. The highest BCUT2D eigenvalue weighted by Gasteiger charge is 2.24. The maximum absolute atomic E-state index is 9.03. The second kappa shape index (κ2) is 8.88. The van der Waals surface area contributed by atoms with E-state index < -0.39 is 0 Å². The molecule has 0 heterocycles. The molecule has 0 spiro atoms. The molecule has 140 valence electrons. The number of guanidine groups is 1. The average molecular weight is 352 g/mol. The lowest BCUT2D eigenvalue weighted by molar-refractivity contribution is 0.771. The van der Waals surface area contributed by atoms with Crippen LogP contribution in [0.4, 0.5) is 11.4 Å². The quantitative estimate of drug-likeness (QED) is 0.507. The molecule has 0 bridgehead atoms. The van der Waals surface area contributed by atoms with Crippen molar-refractivity contribution < 1.29 is 0 Å². The van der Waals surface area contributed by atoms with Crippen molar-refractivity contribution in [3.63, 3.8) is 0 Å². The fourth-order valence-corrected chi connectivity index (χ4v) is 3.36. The van der Waals surface area contributed by atoms with E-state index in [1.54, 1.807) is 0 Å². The first-order valence-corrected chi connectivity index (χ1v) is 9.73. The molecule has 1 N–H and O–H groups in total. The molecule has 2 aromatic rings. The maximum atomic E-state index is 9.03. The largest absolute Gasteiger partial charge is 0.313 e. The summed E-state index contributed by atoms with van der Waals surface area (Å²) >= 11 is 0. The van der Waals surface area contributed by atoms with Crippen LogP contribution in [-0.2, 0) is 6.42 Å². The van der Waals surface area contributed by atoms with Gasteiger partial charge in [-0.2, -0.15) is 0 Å². The van der Waals surface area contributed by atoms with Crippen molar-refractivity contribution in [2.24, 2.45) is 0 Å². The maximum Gasteiger partial charge on any atom is 0.203 e. The van der Waals surface area contributed by atoms with Gasteiger partial charge in [0.15, 0.2) is 0 Å². The van der Waals surface area contributed by atoms with E-state index in [9.17, 15) is 0 Å². The van der Waals surface area contributed by atoms with Crippen molar-refractivity contribution >= 4 is 17.3 Å². The summed E-state index contributed by atoms with van der Waals surface area (Å²) in [5.74, 6) is 0.947. The summed E-state index contributed by atoms with van der Waals surface area (Å²) in [7, 11) is 0. The van der Waals surface area contributed by atoms with Crippen molar-refractivity contribution in [3.05, 3.63) is 59.7 Å². The zero-order valence-electron chi connectivity index (χ0n) is 17.1. The molecule has 0 amide bonds. The Morgan fingerprint density at radius 1 is 0.962 bits per heavy atom. The molecule has 0 aromatic heterocycles. The van der Waals surface area contributed by atoms with E-state index in [4.69, 9.17) is 5.41 Å². The molecular formula is C23H33N3. The van der Waals surface area contributed by atoms with Gasteiger partial charge in [-0.25, -0.2) is 0 Å². The molecule has 26 heavy (non-hydrogen) atoms. The van der Waals surface area contributed by atoms with E-state index in [1.807, 2.05) is 0 Å². The summed E-state index contributed by atoms with van der Waals surface area (Å²) in [6.45, 7) is 13.8. The number of aryl methyl sites for hydroxylation is 1. The molecule has 0 aliphatic carbocycles. The number of benzene rings is 2. The summed E-state index contributed by atoms with van der Waals surface area (Å²) in [5, 5.41) is 9.03. The van der Waals surface area contributed by atoms with Crippen LogP contribution in [-0.4, -0.2) is 18.5 Å². The Bertz CT molecular complexity index is 734. The van der Waals surface area contributed by atoms with E-state index in [-0.39, 0.29) is 6.04 Å². The Morgan fingerprint density at radius 2 is 1.65 bits per heavy atom. The Labute approximate surface area is 159 Å². The summed E-state index contributed by atoms with van der Waals surface area (Å²) in [4.78, 5) is 4.24. The van der Waals surface area contributed by atoms with Gasteiger partial charge in [-0.15, -0.1) is 0 Å². The molecule has 3 heteroatoms. The lowest BCUT2D eigenvalue weighted by Gasteiger charge is -2.37. The Kier molecular flexibility index (Phi) is 6.84. The number of anilines is 2. The highest BCUT2D eigenvalue weighted by Crippen LogP contribution is 2.30. The van der Waals surface area contributed by atoms with Crippen LogP contribution in [0.1, 0.15) is 58.6 Å². The number of nitrogens with zero attached hydrogens (tertiary/aromatic N) is 2. The first-order valence-electron chi connectivity index (χ1n) is 9.73. The van der Waals surface area contributed by atoms with Crippen LogP contribution in [0.3, 0.4) is 0 Å². The third-order valence-corrected chi connectivity index (χ3v) is 4.77. The van der Waals surface area contributed by atoms with Gasteiger partial charge in [0.05, 0.1) is 0 Å². The monoisotopic (exact) mass is 351 g/mol. The van der Waals surface area contributed by atoms with Crippen LogP contribution in [0.15, 0.2) is 48.5 Å². The molecule has 0 radical (unpaired) electrons. The number of para-hydroxylation sites is 1. The van der Waals surface area contributed by atoms with Crippen LogP contribution < -0.4 is 9.80 Å². The van der Waals surface area contributed by atoms with E-state index in [2.05, 4.69) is 99.9 Å². The van der Waals surface area contributed by atoms with Crippen molar-refractivity contribution in [1.82, 2.24) is 0 Å². The minimum atomic E-state index is 0.200. The van der Waals surface area contributed by atoms with Crippen molar-refractivity contribution in [2.75, 3.05) is 16.3 Å². The number of rotatable bonds is 6. The van der Waals surface area contributed by atoms with E-state index in [1.165, 1.54) is 11.1 Å². The number of nitrogens with one attached hydrogen (secondary N) is 1. The molecule has 3 nitrogen and oxygen atoms in total. The topological polar surface area (TPSA) is 30.3 Å². The minimum Gasteiger partial charge on any atom is -0.313 e. The smallest absolute Gasteiger partial charge is 0.203 e. The third-order valence-electron chi connectivity index (χ3n) is 4.77. The van der Waals surface area contributed by atoms with Gasteiger partial charge in [-0.05, 0) is 62.4 Å². The summed E-state index contributed by atoms with van der Waals surface area (Å²) in [5.41, 5.74) is 4.80. The molecule has 2 rings (SSSR count). The van der Waals surface area contributed by atoms with Gasteiger partial charge in [-0.3, -0.25) is 5.41 Å². The summed E-state index contributed by atoms with van der Waals surface area (Å²) < 4.78 is 0. The zero-order valence-corrected chi connectivity index (χ0v) is 17.1. The summed E-state index contributed by atoms with van der Waals surface area (Å²) in [6.07, 6.45) is 1.00. The predicted molar refractivity (Wildman–Crippen MR) is 115 cm³/mol. The fraction of sp³-hybridized carbons (Fsp3) is 0.435. The van der Waals surface area contributed by atoms with Gasteiger partial charge in [0.1, 0.15) is 0 Å². The predicted octanol–water partition coefficient (Wildman–Crippen LogP) is 6.05. The normalized spacial score (nSPS) is 11.1. The van der Waals surface area contributed by atoms with Crippen molar-refractivity contribution in [3.8, 4) is 0 Å². The fourth-order valence-electron chi connectivity index (χ4n) is 3.36. The third kappa shape index (κ3) is 4.27. The van der Waals surface area contributed by atoms with Gasteiger partial charge in [0, 0.05) is 24.0 Å². The van der Waals surface area contributed by atoms with Crippen LogP contribution in [0.2, 0.25) is 0 Å². The minimum absolute atomic E-state index is 0.200. The highest BCUT2D eigenvalue weighted by atomic mass is 15.4. The van der Waals surface area contributed by atoms with Crippen molar-refractivity contribution in [1.29, 1.82) is 5.41 Å². The molecule has 0 aliphatic rings. The highest BCUT2D eigenvalue weighted by molar-refractivity contribution is 6.06. The second-order valence-corrected chi connectivity index (χ2v) is 7.27. The Hall–Kier alpha value is -2.29. The average Bonchev–Trinajstić information content (AvgIpc) is 2.62. The second-order valence-electron chi connectivity index (χ2n) is 7.27. The van der Waals surface area contributed by atoms with Crippen molar-refractivity contribution in [2.45, 2.75) is 59.9 Å². The van der Waals surface area contributed by atoms with Crippen LogP contribution >= 0.6 is 0 Å². The Morgan fingerprint density at radius 3 is 2.23 bits per heavy atom. The van der Waals surface area contributed by atoms with Crippen LogP contribution in [0.5, 0.6) is 0 Å². The molecule has 0 saturated heterocycles. The molecular weight excluding hydrogens is 318 g/mol.